The van der Waals surface area contributed by atoms with Crippen molar-refractivity contribution in [3.63, 3.8) is 0 Å². The van der Waals surface area contributed by atoms with Gasteiger partial charge in [-0.25, -0.2) is 8.78 Å². The Balaban J connectivity index is 1.70. The van der Waals surface area contributed by atoms with Crippen molar-refractivity contribution in [3.8, 4) is 0 Å². The molecule has 2 aromatic carbocycles. The number of hydrogen-bond acceptors (Lipinski definition) is 3. The molecule has 1 saturated heterocycles. The van der Waals surface area contributed by atoms with E-state index in [1.54, 1.807) is 12.1 Å². The lowest BCUT2D eigenvalue weighted by Crippen LogP contribution is -2.45. The second-order valence-electron chi connectivity index (χ2n) is 6.30. The van der Waals surface area contributed by atoms with Gasteiger partial charge in [-0.2, -0.15) is 0 Å². The molecule has 0 radical (unpaired) electrons. The van der Waals surface area contributed by atoms with Crippen LogP contribution in [0.15, 0.2) is 42.5 Å². The molecule has 136 valence electrons. The van der Waals surface area contributed by atoms with Crippen molar-refractivity contribution in [1.29, 1.82) is 0 Å². The number of carbonyl (C=O) groups excluding carboxylic acids is 2. The van der Waals surface area contributed by atoms with Gasteiger partial charge in [0.2, 0.25) is 11.8 Å². The zero-order valence-electron chi connectivity index (χ0n) is 14.2. The van der Waals surface area contributed by atoms with Crippen LogP contribution in [0.1, 0.15) is 23.6 Å². The Hall–Kier alpha value is -2.80. The summed E-state index contributed by atoms with van der Waals surface area (Å²) >= 11 is 0. The van der Waals surface area contributed by atoms with Crippen LogP contribution < -0.4 is 16.0 Å². The van der Waals surface area contributed by atoms with Crippen molar-refractivity contribution in [2.24, 2.45) is 5.73 Å². The topological polar surface area (TPSA) is 75.4 Å². The maximum Gasteiger partial charge on any atom is 0.249 e. The molecule has 2 unspecified atom stereocenters. The fourth-order valence-corrected chi connectivity index (χ4v) is 2.97. The first-order chi connectivity index (χ1) is 12.4. The van der Waals surface area contributed by atoms with Gasteiger partial charge in [-0.3, -0.25) is 9.59 Å². The van der Waals surface area contributed by atoms with Crippen molar-refractivity contribution in [3.05, 3.63) is 65.2 Å². The van der Waals surface area contributed by atoms with Crippen LogP contribution in [0.5, 0.6) is 0 Å². The Kier molecular flexibility index (Phi) is 4.99. The summed E-state index contributed by atoms with van der Waals surface area (Å²) in [4.78, 5) is 25.9. The van der Waals surface area contributed by atoms with Gasteiger partial charge in [0.25, 0.3) is 0 Å². The third-order valence-corrected chi connectivity index (χ3v) is 4.45. The van der Waals surface area contributed by atoms with Gasteiger partial charge in [0.15, 0.2) is 0 Å². The molecule has 7 heteroatoms. The number of carbonyl (C=O) groups is 2. The molecule has 0 aliphatic carbocycles. The molecule has 2 atom stereocenters. The minimum absolute atomic E-state index is 0.113. The summed E-state index contributed by atoms with van der Waals surface area (Å²) in [5, 5.41) is 2.58. The zero-order chi connectivity index (χ0) is 18.8. The van der Waals surface area contributed by atoms with Crippen LogP contribution in [0.4, 0.5) is 14.5 Å². The van der Waals surface area contributed by atoms with Gasteiger partial charge in [0.05, 0.1) is 0 Å². The number of nitrogens with zero attached hydrogens (tertiary/aromatic N) is 1. The molecule has 1 fully saturated rings. The molecule has 0 saturated carbocycles. The number of nitrogens with one attached hydrogen (secondary N) is 1. The molecule has 2 aromatic rings. The highest BCUT2D eigenvalue weighted by atomic mass is 19.1. The van der Waals surface area contributed by atoms with E-state index in [9.17, 15) is 18.4 Å². The SMILES string of the molecule is Cc1ccc(C(N)C(=O)NC2CCN(c3c(F)cccc3F)C2=O)cc1. The van der Waals surface area contributed by atoms with Crippen LogP contribution in [-0.2, 0) is 9.59 Å². The zero-order valence-corrected chi connectivity index (χ0v) is 14.2. The summed E-state index contributed by atoms with van der Waals surface area (Å²) in [6.45, 7) is 2.03. The Labute approximate surface area is 149 Å². The van der Waals surface area contributed by atoms with Crippen molar-refractivity contribution in [2.45, 2.75) is 25.4 Å². The van der Waals surface area contributed by atoms with E-state index in [4.69, 9.17) is 5.73 Å². The van der Waals surface area contributed by atoms with Crippen molar-refractivity contribution in [1.82, 2.24) is 5.32 Å². The average Bonchev–Trinajstić information content (AvgIpc) is 2.95. The van der Waals surface area contributed by atoms with Gasteiger partial charge in [0, 0.05) is 6.54 Å². The van der Waals surface area contributed by atoms with Crippen LogP contribution in [0.3, 0.4) is 0 Å². The summed E-state index contributed by atoms with van der Waals surface area (Å²) in [7, 11) is 0. The van der Waals surface area contributed by atoms with Crippen molar-refractivity contribution >= 4 is 17.5 Å². The second kappa shape index (κ2) is 7.21. The van der Waals surface area contributed by atoms with Gasteiger partial charge in [-0.15, -0.1) is 0 Å². The average molecular weight is 359 g/mol. The molecule has 5 nitrogen and oxygen atoms in total. The van der Waals surface area contributed by atoms with Crippen LogP contribution in [-0.4, -0.2) is 24.4 Å². The molecule has 3 rings (SSSR count). The number of para-hydroxylation sites is 1. The van der Waals surface area contributed by atoms with Crippen LogP contribution in [0.25, 0.3) is 0 Å². The molecule has 1 heterocycles. The fraction of sp³-hybridized carbons (Fsp3) is 0.263. The van der Waals surface area contributed by atoms with E-state index >= 15 is 0 Å². The first-order valence-corrected chi connectivity index (χ1v) is 8.26. The summed E-state index contributed by atoms with van der Waals surface area (Å²) in [6.07, 6.45) is 0.249. The van der Waals surface area contributed by atoms with Gasteiger partial charge in [-0.05, 0) is 31.0 Å². The Morgan fingerprint density at radius 3 is 2.42 bits per heavy atom. The molecule has 26 heavy (non-hydrogen) atoms. The van der Waals surface area contributed by atoms with Crippen LogP contribution >= 0.6 is 0 Å². The quantitative estimate of drug-likeness (QED) is 0.879. The summed E-state index contributed by atoms with van der Waals surface area (Å²) in [5.41, 5.74) is 7.22. The molecule has 0 bridgehead atoms. The van der Waals surface area contributed by atoms with Crippen LogP contribution in [0, 0.1) is 18.6 Å². The smallest absolute Gasteiger partial charge is 0.249 e. The maximum atomic E-state index is 13.9. The first kappa shape index (κ1) is 18.0. The number of aryl methyl sites for hydroxylation is 1. The molecule has 0 spiro atoms. The number of anilines is 1. The number of hydrogen-bond donors (Lipinski definition) is 2. The predicted molar refractivity (Wildman–Crippen MR) is 93.4 cm³/mol. The number of halogens is 2. The van der Waals surface area contributed by atoms with E-state index in [0.29, 0.717) is 5.56 Å². The van der Waals surface area contributed by atoms with E-state index in [1.807, 2.05) is 19.1 Å². The molecular weight excluding hydrogens is 340 g/mol. The van der Waals surface area contributed by atoms with E-state index in [0.717, 1.165) is 22.6 Å². The number of benzene rings is 2. The second-order valence-corrected chi connectivity index (χ2v) is 6.30. The van der Waals surface area contributed by atoms with E-state index in [-0.39, 0.29) is 13.0 Å². The van der Waals surface area contributed by atoms with E-state index < -0.39 is 41.2 Å². The van der Waals surface area contributed by atoms with Gasteiger partial charge < -0.3 is 16.0 Å². The van der Waals surface area contributed by atoms with E-state index in [1.165, 1.54) is 6.07 Å². The normalized spacial score (nSPS) is 18.1. The standard InChI is InChI=1S/C19H19F2N3O2/c1-11-5-7-12(8-6-11)16(22)18(25)23-15-9-10-24(19(15)26)17-13(20)3-2-4-14(17)21/h2-8,15-16H,9-10,22H2,1H3,(H,23,25). The lowest BCUT2D eigenvalue weighted by molar-refractivity contribution is -0.127. The first-order valence-electron chi connectivity index (χ1n) is 8.26. The van der Waals surface area contributed by atoms with Gasteiger partial charge in [0.1, 0.15) is 29.4 Å². The van der Waals surface area contributed by atoms with Gasteiger partial charge >= 0.3 is 0 Å². The molecule has 0 aromatic heterocycles. The van der Waals surface area contributed by atoms with E-state index in [2.05, 4.69) is 5.32 Å². The minimum atomic E-state index is -0.928. The molecule has 1 aliphatic rings. The predicted octanol–water partition coefficient (Wildman–Crippen LogP) is 2.19. The van der Waals surface area contributed by atoms with Gasteiger partial charge in [-0.1, -0.05) is 35.9 Å². The minimum Gasteiger partial charge on any atom is -0.343 e. The third kappa shape index (κ3) is 3.43. The monoisotopic (exact) mass is 359 g/mol. The number of nitrogens with two attached hydrogens (primary N) is 1. The summed E-state index contributed by atoms with van der Waals surface area (Å²) in [6, 6.07) is 8.79. The highest BCUT2D eigenvalue weighted by Gasteiger charge is 2.36. The fourth-order valence-electron chi connectivity index (χ4n) is 2.97. The number of amides is 2. The van der Waals surface area contributed by atoms with Crippen molar-refractivity contribution < 1.29 is 18.4 Å². The molecule has 2 amide bonds. The molecule has 1 aliphatic heterocycles. The summed E-state index contributed by atoms with van der Waals surface area (Å²) < 4.78 is 27.8. The maximum absolute atomic E-state index is 13.9. The Morgan fingerprint density at radius 2 is 1.81 bits per heavy atom. The lowest BCUT2D eigenvalue weighted by atomic mass is 10.0. The Bertz CT molecular complexity index is 819. The largest absolute Gasteiger partial charge is 0.343 e. The lowest BCUT2D eigenvalue weighted by Gasteiger charge is -2.19. The van der Waals surface area contributed by atoms with Crippen LogP contribution in [0.2, 0.25) is 0 Å². The molecular formula is C19H19F2N3O2. The van der Waals surface area contributed by atoms with Crippen molar-refractivity contribution in [2.75, 3.05) is 11.4 Å². The number of rotatable bonds is 4. The summed E-state index contributed by atoms with van der Waals surface area (Å²) in [5.74, 6) is -2.70. The molecule has 3 N–H and O–H groups in total. The Morgan fingerprint density at radius 1 is 1.19 bits per heavy atom. The highest BCUT2D eigenvalue weighted by molar-refractivity contribution is 6.02. The third-order valence-electron chi connectivity index (χ3n) is 4.45. The highest BCUT2D eigenvalue weighted by Crippen LogP contribution is 2.27.